The Morgan fingerprint density at radius 1 is 0.686 bits per heavy atom. The monoisotopic (exact) mass is 457 g/mol. The second-order valence-electron chi connectivity index (χ2n) is 8.23. The molecular formula is C30H23N3O2. The smallest absolute Gasteiger partial charge is 0.138 e. The highest BCUT2D eigenvalue weighted by molar-refractivity contribution is 5.98. The van der Waals surface area contributed by atoms with E-state index >= 15 is 0 Å². The second-order valence-corrected chi connectivity index (χ2v) is 8.23. The SMILES string of the molecule is COc1ccc(-c2nc(-c3cccc(Oc4ccccc4)c3)[nH]c2-c2c[nH]c3ccccc23)cc1. The molecule has 5 heteroatoms. The summed E-state index contributed by atoms with van der Waals surface area (Å²) >= 11 is 0. The normalized spacial score (nSPS) is 11.0. The molecule has 0 amide bonds. The molecule has 0 spiro atoms. The Hall–Kier alpha value is -4.77. The quantitative estimate of drug-likeness (QED) is 0.269. The van der Waals surface area contributed by atoms with Crippen molar-refractivity contribution in [1.82, 2.24) is 15.0 Å². The zero-order chi connectivity index (χ0) is 23.6. The number of nitrogens with one attached hydrogen (secondary N) is 2. The molecule has 0 saturated carbocycles. The van der Waals surface area contributed by atoms with Crippen LogP contribution in [0.5, 0.6) is 17.2 Å². The summed E-state index contributed by atoms with van der Waals surface area (Å²) in [6, 6.07) is 34.0. The van der Waals surface area contributed by atoms with E-state index < -0.39 is 0 Å². The topological polar surface area (TPSA) is 62.9 Å². The van der Waals surface area contributed by atoms with E-state index in [-0.39, 0.29) is 0 Å². The molecule has 0 aliphatic heterocycles. The number of hydrogen-bond acceptors (Lipinski definition) is 3. The lowest BCUT2D eigenvalue weighted by molar-refractivity contribution is 0.415. The average molecular weight is 458 g/mol. The van der Waals surface area contributed by atoms with E-state index in [1.54, 1.807) is 7.11 Å². The van der Waals surface area contributed by atoms with Gasteiger partial charge in [-0.1, -0.05) is 48.5 Å². The number of nitrogens with zero attached hydrogens (tertiary/aromatic N) is 1. The lowest BCUT2D eigenvalue weighted by Crippen LogP contribution is -1.86. The first-order chi connectivity index (χ1) is 17.3. The fourth-order valence-corrected chi connectivity index (χ4v) is 4.27. The van der Waals surface area contributed by atoms with Crippen LogP contribution in [0.25, 0.3) is 44.8 Å². The van der Waals surface area contributed by atoms with Crippen LogP contribution >= 0.6 is 0 Å². The van der Waals surface area contributed by atoms with Crippen LogP contribution in [0.3, 0.4) is 0 Å². The maximum absolute atomic E-state index is 6.06. The maximum atomic E-state index is 6.06. The minimum atomic E-state index is 0.754. The van der Waals surface area contributed by atoms with Gasteiger partial charge in [-0.3, -0.25) is 0 Å². The Bertz CT molecular complexity index is 1600. The fraction of sp³-hybridized carbons (Fsp3) is 0.0333. The van der Waals surface area contributed by atoms with E-state index in [4.69, 9.17) is 14.5 Å². The van der Waals surface area contributed by atoms with Crippen LogP contribution in [-0.4, -0.2) is 22.1 Å². The molecule has 2 heterocycles. The van der Waals surface area contributed by atoms with E-state index in [1.165, 1.54) is 0 Å². The van der Waals surface area contributed by atoms with Crippen LogP contribution in [0.1, 0.15) is 0 Å². The largest absolute Gasteiger partial charge is 0.497 e. The van der Waals surface area contributed by atoms with Gasteiger partial charge in [-0.25, -0.2) is 4.98 Å². The number of aromatic nitrogens is 3. The van der Waals surface area contributed by atoms with Gasteiger partial charge in [0.2, 0.25) is 0 Å². The number of rotatable bonds is 6. The average Bonchev–Trinajstić information content (AvgIpc) is 3.54. The predicted octanol–water partition coefficient (Wildman–Crippen LogP) is 7.69. The van der Waals surface area contributed by atoms with E-state index in [1.807, 2.05) is 91.1 Å². The third-order valence-electron chi connectivity index (χ3n) is 6.01. The molecule has 0 aliphatic rings. The molecule has 6 rings (SSSR count). The summed E-state index contributed by atoms with van der Waals surface area (Å²) in [7, 11) is 1.67. The zero-order valence-electron chi connectivity index (χ0n) is 19.2. The molecule has 4 aromatic carbocycles. The van der Waals surface area contributed by atoms with Crippen LogP contribution in [0.2, 0.25) is 0 Å². The number of methoxy groups -OCH3 is 1. The molecule has 0 aliphatic carbocycles. The fourth-order valence-electron chi connectivity index (χ4n) is 4.27. The van der Waals surface area contributed by atoms with Crippen molar-refractivity contribution in [1.29, 1.82) is 0 Å². The van der Waals surface area contributed by atoms with Crippen LogP contribution in [0.4, 0.5) is 0 Å². The zero-order valence-corrected chi connectivity index (χ0v) is 19.2. The number of para-hydroxylation sites is 2. The first kappa shape index (κ1) is 20.8. The first-order valence-electron chi connectivity index (χ1n) is 11.4. The number of benzene rings is 4. The highest BCUT2D eigenvalue weighted by Gasteiger charge is 2.18. The van der Waals surface area contributed by atoms with Gasteiger partial charge >= 0.3 is 0 Å². The third kappa shape index (κ3) is 4.04. The van der Waals surface area contributed by atoms with Crippen molar-refractivity contribution in [2.45, 2.75) is 0 Å². The molecule has 2 N–H and O–H groups in total. The van der Waals surface area contributed by atoms with Gasteiger partial charge in [0.25, 0.3) is 0 Å². The Balaban J connectivity index is 1.46. The molecule has 2 aromatic heterocycles. The summed E-state index contributed by atoms with van der Waals surface area (Å²) in [4.78, 5) is 12.0. The van der Waals surface area contributed by atoms with E-state index in [0.717, 1.165) is 62.1 Å². The maximum Gasteiger partial charge on any atom is 0.138 e. The van der Waals surface area contributed by atoms with Crippen molar-refractivity contribution in [3.63, 3.8) is 0 Å². The van der Waals surface area contributed by atoms with Gasteiger partial charge in [-0.05, 0) is 54.6 Å². The van der Waals surface area contributed by atoms with Gasteiger partial charge in [0.15, 0.2) is 0 Å². The van der Waals surface area contributed by atoms with Crippen LogP contribution < -0.4 is 9.47 Å². The number of imidazole rings is 1. The minimum Gasteiger partial charge on any atom is -0.497 e. The number of ether oxygens (including phenoxy) is 2. The Labute approximate surface area is 203 Å². The Morgan fingerprint density at radius 3 is 2.29 bits per heavy atom. The second kappa shape index (κ2) is 8.88. The highest BCUT2D eigenvalue weighted by Crippen LogP contribution is 2.37. The Morgan fingerprint density at radius 2 is 1.46 bits per heavy atom. The molecule has 0 unspecified atom stereocenters. The van der Waals surface area contributed by atoms with E-state index in [2.05, 4.69) is 28.2 Å². The summed E-state index contributed by atoms with van der Waals surface area (Å²) in [6.45, 7) is 0. The van der Waals surface area contributed by atoms with Crippen molar-refractivity contribution >= 4 is 10.9 Å². The molecule has 0 radical (unpaired) electrons. The van der Waals surface area contributed by atoms with Crippen molar-refractivity contribution < 1.29 is 9.47 Å². The molecule has 0 saturated heterocycles. The van der Waals surface area contributed by atoms with Gasteiger partial charge in [0.1, 0.15) is 23.1 Å². The standard InChI is InChI=1S/C30H23N3O2/c1-34-22-16-14-20(15-17-22)28-29(26-19-31-27-13-6-5-12-25(26)27)33-30(32-28)21-8-7-11-24(18-21)35-23-9-3-2-4-10-23/h2-19,31H,1H3,(H,32,33). The number of aromatic amines is 2. The number of fused-ring (bicyclic) bond motifs is 1. The van der Waals surface area contributed by atoms with Crippen molar-refractivity contribution in [2.24, 2.45) is 0 Å². The molecule has 6 aromatic rings. The lowest BCUT2D eigenvalue weighted by Gasteiger charge is -2.06. The molecule has 35 heavy (non-hydrogen) atoms. The van der Waals surface area contributed by atoms with Crippen molar-refractivity contribution in [3.05, 3.63) is 109 Å². The molecule has 5 nitrogen and oxygen atoms in total. The number of H-pyrrole nitrogens is 2. The summed E-state index contributed by atoms with van der Waals surface area (Å²) in [6.07, 6.45) is 2.03. The van der Waals surface area contributed by atoms with Crippen LogP contribution in [-0.2, 0) is 0 Å². The van der Waals surface area contributed by atoms with Gasteiger partial charge in [0.05, 0.1) is 18.5 Å². The van der Waals surface area contributed by atoms with Crippen molar-refractivity contribution in [3.8, 4) is 51.2 Å². The molecule has 0 fully saturated rings. The number of hydrogen-bond donors (Lipinski definition) is 2. The van der Waals surface area contributed by atoms with Crippen LogP contribution in [0.15, 0.2) is 109 Å². The van der Waals surface area contributed by atoms with Gasteiger partial charge in [-0.15, -0.1) is 0 Å². The Kier molecular flexibility index (Phi) is 5.28. The summed E-state index contributed by atoms with van der Waals surface area (Å²) < 4.78 is 11.4. The predicted molar refractivity (Wildman–Crippen MR) is 140 cm³/mol. The summed E-state index contributed by atoms with van der Waals surface area (Å²) in [5.41, 5.74) is 5.93. The molecule has 170 valence electrons. The first-order valence-corrected chi connectivity index (χ1v) is 11.4. The van der Waals surface area contributed by atoms with E-state index in [0.29, 0.717) is 0 Å². The minimum absolute atomic E-state index is 0.754. The lowest BCUT2D eigenvalue weighted by atomic mass is 10.0. The van der Waals surface area contributed by atoms with Crippen LogP contribution in [0, 0.1) is 0 Å². The highest BCUT2D eigenvalue weighted by atomic mass is 16.5. The summed E-state index contributed by atoms with van der Waals surface area (Å²) in [5.74, 6) is 3.13. The third-order valence-corrected chi connectivity index (χ3v) is 6.01. The van der Waals surface area contributed by atoms with Gasteiger partial charge < -0.3 is 19.4 Å². The van der Waals surface area contributed by atoms with Gasteiger partial charge in [0, 0.05) is 33.8 Å². The molecular weight excluding hydrogens is 434 g/mol. The molecule has 0 atom stereocenters. The van der Waals surface area contributed by atoms with E-state index in [9.17, 15) is 0 Å². The molecule has 0 bridgehead atoms. The van der Waals surface area contributed by atoms with Crippen molar-refractivity contribution in [2.75, 3.05) is 7.11 Å². The van der Waals surface area contributed by atoms with Gasteiger partial charge in [-0.2, -0.15) is 0 Å². The summed E-state index contributed by atoms with van der Waals surface area (Å²) in [5, 5.41) is 1.14.